The molecule has 13 nitrogen and oxygen atoms in total. The highest BCUT2D eigenvalue weighted by Gasteiger charge is 2.36. The van der Waals surface area contributed by atoms with E-state index in [0.717, 1.165) is 17.4 Å². The van der Waals surface area contributed by atoms with Gasteiger partial charge in [0.25, 0.3) is 0 Å². The first-order valence-corrected chi connectivity index (χ1v) is 15.7. The molecule has 3 heterocycles. The fourth-order valence-electron chi connectivity index (χ4n) is 4.84. The summed E-state index contributed by atoms with van der Waals surface area (Å²) in [4.78, 5) is 37.7. The average molecular weight is 608 g/mol. The van der Waals surface area contributed by atoms with Gasteiger partial charge in [-0.1, -0.05) is 60.7 Å². The Labute approximate surface area is 249 Å². The topological polar surface area (TPSA) is 166 Å². The highest BCUT2D eigenvalue weighted by atomic mass is 32.2. The number of rotatable bonds is 12. The van der Waals surface area contributed by atoms with Gasteiger partial charge >= 0.3 is 6.03 Å². The minimum atomic E-state index is -3.68. The molecule has 0 spiro atoms. The number of aromatic nitrogens is 4. The molecule has 2 aromatic heterocycles. The minimum Gasteiger partial charge on any atom is -0.346 e. The molecule has 0 bridgehead atoms. The van der Waals surface area contributed by atoms with E-state index in [1.54, 1.807) is 6.33 Å². The van der Waals surface area contributed by atoms with E-state index in [4.69, 9.17) is 9.47 Å². The van der Waals surface area contributed by atoms with Gasteiger partial charge in [0.15, 0.2) is 23.3 Å². The molecular weight excluding hydrogens is 574 g/mol. The van der Waals surface area contributed by atoms with E-state index < -0.39 is 34.6 Å². The maximum atomic E-state index is 12.7. The van der Waals surface area contributed by atoms with Gasteiger partial charge < -0.3 is 24.7 Å². The summed E-state index contributed by atoms with van der Waals surface area (Å²) in [6.45, 7) is 0.496. The molecular formula is C29H33N7O6S. The van der Waals surface area contributed by atoms with Crippen LogP contribution in [0.4, 0.5) is 10.6 Å². The molecule has 0 radical (unpaired) electrons. The summed E-state index contributed by atoms with van der Waals surface area (Å²) < 4.78 is 38.9. The Bertz CT molecular complexity index is 1650. The van der Waals surface area contributed by atoms with Gasteiger partial charge in [-0.15, -0.1) is 0 Å². The van der Waals surface area contributed by atoms with Crippen molar-refractivity contribution in [1.29, 1.82) is 0 Å². The zero-order chi connectivity index (χ0) is 30.2. The molecule has 1 saturated heterocycles. The predicted molar refractivity (Wildman–Crippen MR) is 158 cm³/mol. The highest BCUT2D eigenvalue weighted by molar-refractivity contribution is 7.89. The minimum absolute atomic E-state index is 0.163. The molecule has 2 aromatic carbocycles. The molecule has 14 heteroatoms. The van der Waals surface area contributed by atoms with Crippen molar-refractivity contribution in [2.75, 3.05) is 18.1 Å². The number of hydrogen-bond acceptors (Lipinski definition) is 9. The van der Waals surface area contributed by atoms with Crippen LogP contribution in [0.5, 0.6) is 0 Å². The maximum Gasteiger partial charge on any atom is 0.328 e. The van der Waals surface area contributed by atoms with Crippen molar-refractivity contribution in [1.82, 2.24) is 29.6 Å². The van der Waals surface area contributed by atoms with Crippen LogP contribution in [0, 0.1) is 0 Å². The fraction of sp³-hybridized carbons (Fsp3) is 0.345. The van der Waals surface area contributed by atoms with Crippen LogP contribution < -0.4 is 15.4 Å². The Morgan fingerprint density at radius 2 is 1.63 bits per heavy atom. The number of anilines is 1. The van der Waals surface area contributed by atoms with Crippen molar-refractivity contribution in [2.24, 2.45) is 0 Å². The Balaban J connectivity index is 1.25. The number of imidazole rings is 1. The molecule has 1 aliphatic heterocycles. The van der Waals surface area contributed by atoms with E-state index in [1.165, 1.54) is 6.33 Å². The molecule has 5 rings (SSSR count). The van der Waals surface area contributed by atoms with Crippen LogP contribution >= 0.6 is 0 Å². The third-order valence-electron chi connectivity index (χ3n) is 6.82. The molecule has 1 fully saturated rings. The number of benzene rings is 2. The van der Waals surface area contributed by atoms with Crippen molar-refractivity contribution in [3.63, 3.8) is 0 Å². The molecule has 3 atom stereocenters. The van der Waals surface area contributed by atoms with E-state index in [1.807, 2.05) is 70.0 Å². The van der Waals surface area contributed by atoms with Gasteiger partial charge in [-0.3, -0.25) is 4.79 Å². The zero-order valence-electron chi connectivity index (χ0n) is 23.5. The van der Waals surface area contributed by atoms with Gasteiger partial charge in [-0.25, -0.2) is 32.9 Å². The lowest BCUT2D eigenvalue weighted by atomic mass is 10.1. The number of amides is 3. The number of urea groups is 1. The van der Waals surface area contributed by atoms with Crippen molar-refractivity contribution in [3.8, 4) is 0 Å². The van der Waals surface area contributed by atoms with Gasteiger partial charge in [0.05, 0.1) is 25.2 Å². The SMILES string of the molecule is CS(=O)(=O)NC(=O)NCCC1OC(Cc2ccccc2)OC1Cn1cnc2c(NC(=O)CCc3ccccc3)ncnc21. The Hall–Kier alpha value is -4.40. The maximum absolute atomic E-state index is 12.7. The van der Waals surface area contributed by atoms with Crippen molar-refractivity contribution < 1.29 is 27.5 Å². The number of aryl methyl sites for hydroxylation is 1. The van der Waals surface area contributed by atoms with E-state index in [2.05, 4.69) is 25.6 Å². The van der Waals surface area contributed by atoms with Gasteiger partial charge in [-0.2, -0.15) is 0 Å². The van der Waals surface area contributed by atoms with Crippen LogP contribution in [0.25, 0.3) is 11.2 Å². The number of carbonyl (C=O) groups is 2. The molecule has 0 saturated carbocycles. The first-order chi connectivity index (χ1) is 20.7. The molecule has 1 aliphatic rings. The van der Waals surface area contributed by atoms with Crippen LogP contribution in [-0.2, 0) is 43.7 Å². The number of nitrogens with zero attached hydrogens (tertiary/aromatic N) is 4. The van der Waals surface area contributed by atoms with Gasteiger partial charge in [0, 0.05) is 19.4 Å². The summed E-state index contributed by atoms with van der Waals surface area (Å²) in [6.07, 6.45) is 4.33. The van der Waals surface area contributed by atoms with Gasteiger partial charge in [0.2, 0.25) is 15.9 Å². The quantitative estimate of drug-likeness (QED) is 0.219. The molecule has 3 unspecified atom stereocenters. The Morgan fingerprint density at radius 1 is 0.930 bits per heavy atom. The smallest absolute Gasteiger partial charge is 0.328 e. The first-order valence-electron chi connectivity index (χ1n) is 13.8. The summed E-state index contributed by atoms with van der Waals surface area (Å²) in [6, 6.07) is 18.8. The molecule has 226 valence electrons. The van der Waals surface area contributed by atoms with Crippen LogP contribution in [0.3, 0.4) is 0 Å². The Kier molecular flexibility index (Phi) is 9.59. The first kappa shape index (κ1) is 30.1. The highest BCUT2D eigenvalue weighted by Crippen LogP contribution is 2.27. The molecule has 4 aromatic rings. The second kappa shape index (κ2) is 13.7. The largest absolute Gasteiger partial charge is 0.346 e. The standard InChI is InChI=1S/C29H33N7O6S/c1-43(39,40)35-29(38)30-15-14-22-23(42-25(41-22)16-21-10-6-3-7-11-21)17-36-19-33-26-27(31-18-32-28(26)36)34-24(37)13-12-20-8-4-2-5-9-20/h2-11,18-19,22-23,25H,12-17H2,1H3,(H2,30,35,38)(H,31,32,34,37). The summed E-state index contributed by atoms with van der Waals surface area (Å²) in [5, 5.41) is 5.39. The number of carbonyl (C=O) groups excluding carboxylic acids is 2. The number of fused-ring (bicyclic) bond motifs is 1. The normalized spacial score (nSPS) is 18.4. The summed E-state index contributed by atoms with van der Waals surface area (Å²) in [7, 11) is -3.68. The summed E-state index contributed by atoms with van der Waals surface area (Å²) in [5.41, 5.74) is 3.09. The second-order valence-corrected chi connectivity index (χ2v) is 12.0. The second-order valence-electron chi connectivity index (χ2n) is 10.2. The van der Waals surface area contributed by atoms with E-state index in [9.17, 15) is 18.0 Å². The number of sulfonamides is 1. The average Bonchev–Trinajstić information content (AvgIpc) is 3.56. The summed E-state index contributed by atoms with van der Waals surface area (Å²) in [5.74, 6) is 0.146. The third-order valence-corrected chi connectivity index (χ3v) is 7.38. The monoisotopic (exact) mass is 607 g/mol. The molecule has 3 amide bonds. The molecule has 3 N–H and O–H groups in total. The lowest BCUT2D eigenvalue weighted by Gasteiger charge is -2.17. The van der Waals surface area contributed by atoms with Crippen molar-refractivity contribution in [3.05, 3.63) is 84.4 Å². The lowest BCUT2D eigenvalue weighted by molar-refractivity contribution is -0.116. The van der Waals surface area contributed by atoms with Crippen molar-refractivity contribution in [2.45, 2.75) is 50.7 Å². The van der Waals surface area contributed by atoms with Crippen molar-refractivity contribution >= 4 is 38.9 Å². The van der Waals surface area contributed by atoms with Crippen LogP contribution in [0.1, 0.15) is 24.0 Å². The van der Waals surface area contributed by atoms with E-state index in [0.29, 0.717) is 49.2 Å². The van der Waals surface area contributed by atoms with Crippen LogP contribution in [0.2, 0.25) is 0 Å². The fourth-order valence-corrected chi connectivity index (χ4v) is 5.25. The lowest BCUT2D eigenvalue weighted by Crippen LogP contribution is -2.40. The molecule has 43 heavy (non-hydrogen) atoms. The van der Waals surface area contributed by atoms with Crippen LogP contribution in [0.15, 0.2) is 73.3 Å². The van der Waals surface area contributed by atoms with Crippen LogP contribution in [-0.4, -0.2) is 71.2 Å². The predicted octanol–water partition coefficient (Wildman–Crippen LogP) is 2.40. The summed E-state index contributed by atoms with van der Waals surface area (Å²) >= 11 is 0. The zero-order valence-corrected chi connectivity index (χ0v) is 24.4. The number of nitrogens with one attached hydrogen (secondary N) is 3. The van der Waals surface area contributed by atoms with E-state index in [-0.39, 0.29) is 12.5 Å². The van der Waals surface area contributed by atoms with Gasteiger partial charge in [-0.05, 0) is 24.0 Å². The third kappa shape index (κ3) is 8.56. The Morgan fingerprint density at radius 3 is 2.35 bits per heavy atom. The number of ether oxygens (including phenoxy) is 2. The van der Waals surface area contributed by atoms with Gasteiger partial charge in [0.1, 0.15) is 12.4 Å². The van der Waals surface area contributed by atoms with E-state index >= 15 is 0 Å². The number of hydrogen-bond donors (Lipinski definition) is 3. The molecule has 0 aliphatic carbocycles.